The Morgan fingerprint density at radius 1 is 0.319 bits per heavy atom. The Morgan fingerprint density at radius 2 is 0.652 bits per heavy atom. The summed E-state index contributed by atoms with van der Waals surface area (Å²) in [4.78, 5) is 38.1. The van der Waals surface area contributed by atoms with Crippen LogP contribution < -0.4 is 0 Å². The Labute approximate surface area is 424 Å². The van der Waals surface area contributed by atoms with E-state index in [0.29, 0.717) is 19.3 Å². The molecule has 0 rings (SSSR count). The number of hydrogen-bond donors (Lipinski definition) is 0. The first-order valence-corrected chi connectivity index (χ1v) is 28.1. The summed E-state index contributed by atoms with van der Waals surface area (Å²) in [7, 11) is 0. The molecule has 0 amide bonds. The monoisotopic (exact) mass is 955 g/mol. The summed E-state index contributed by atoms with van der Waals surface area (Å²) in [6.07, 6.45) is 77.7. The molecular weight excluding hydrogens is 853 g/mol. The molecule has 0 heterocycles. The van der Waals surface area contributed by atoms with Crippen molar-refractivity contribution in [3.8, 4) is 0 Å². The van der Waals surface area contributed by atoms with Gasteiger partial charge in [0.2, 0.25) is 0 Å². The lowest BCUT2D eigenvalue weighted by molar-refractivity contribution is -0.167. The van der Waals surface area contributed by atoms with Crippen molar-refractivity contribution in [3.05, 3.63) is 122 Å². The maximum atomic E-state index is 12.9. The van der Waals surface area contributed by atoms with Crippen molar-refractivity contribution in [2.75, 3.05) is 13.2 Å². The van der Waals surface area contributed by atoms with E-state index in [4.69, 9.17) is 14.2 Å². The molecule has 0 saturated heterocycles. The standard InChI is InChI=1S/C63H102O6/c1-4-7-10-13-16-19-22-25-27-29-31-33-35-38-41-44-47-50-53-56-62(65)68-59-60(58-67-61(64)55-52-49-46-43-40-37-24-21-18-15-12-9-6-3)69-63(66)57-54-51-48-45-42-39-36-34-32-30-28-26-23-20-17-14-11-8-5-2/h7,9-10,12,15-16,18-19,21,24-25,27,31,33,37-38,40-41,43,46,60H,4-6,8,11,13-14,17,20,22-23,26,28-30,32,34-36,39,42,44-45,47-59H2,1-3H3/b10-7+,12-9+,18-15+,19-16+,24-21+,27-25+,33-31+,40-37+,41-38+,46-43+. The molecule has 0 aromatic heterocycles. The average molecular weight is 956 g/mol. The number of allylic oxidation sites excluding steroid dienone is 20. The maximum Gasteiger partial charge on any atom is 0.306 e. The fourth-order valence-corrected chi connectivity index (χ4v) is 7.44. The lowest BCUT2D eigenvalue weighted by Crippen LogP contribution is -2.30. The predicted molar refractivity (Wildman–Crippen MR) is 297 cm³/mol. The van der Waals surface area contributed by atoms with E-state index in [1.54, 1.807) is 0 Å². The van der Waals surface area contributed by atoms with E-state index in [1.165, 1.54) is 103 Å². The van der Waals surface area contributed by atoms with Crippen molar-refractivity contribution in [1.29, 1.82) is 0 Å². The molecule has 69 heavy (non-hydrogen) atoms. The second-order valence-electron chi connectivity index (χ2n) is 18.2. The zero-order chi connectivity index (χ0) is 50.0. The molecule has 0 aromatic carbocycles. The van der Waals surface area contributed by atoms with Gasteiger partial charge in [0, 0.05) is 19.3 Å². The van der Waals surface area contributed by atoms with Gasteiger partial charge in [0.05, 0.1) is 0 Å². The summed E-state index contributed by atoms with van der Waals surface area (Å²) < 4.78 is 16.8. The molecule has 0 fully saturated rings. The van der Waals surface area contributed by atoms with Gasteiger partial charge in [-0.25, -0.2) is 0 Å². The third kappa shape index (κ3) is 54.6. The minimum Gasteiger partial charge on any atom is -0.462 e. The molecule has 390 valence electrons. The van der Waals surface area contributed by atoms with Gasteiger partial charge in [-0.1, -0.05) is 264 Å². The van der Waals surface area contributed by atoms with E-state index in [-0.39, 0.29) is 37.5 Å². The number of unbranched alkanes of at least 4 members (excludes halogenated alkanes) is 22. The number of ether oxygens (including phenoxy) is 3. The molecule has 0 saturated carbocycles. The van der Waals surface area contributed by atoms with E-state index in [2.05, 4.69) is 87.6 Å². The van der Waals surface area contributed by atoms with Crippen LogP contribution in [-0.4, -0.2) is 37.2 Å². The van der Waals surface area contributed by atoms with Gasteiger partial charge in [0.25, 0.3) is 0 Å². The summed E-state index contributed by atoms with van der Waals surface area (Å²) in [6.45, 7) is 6.29. The first kappa shape index (κ1) is 64.8. The van der Waals surface area contributed by atoms with E-state index >= 15 is 0 Å². The fourth-order valence-electron chi connectivity index (χ4n) is 7.44. The zero-order valence-corrected chi connectivity index (χ0v) is 44.5. The molecule has 0 spiro atoms. The first-order chi connectivity index (χ1) is 34.0. The molecule has 0 aromatic rings. The lowest BCUT2D eigenvalue weighted by Gasteiger charge is -2.18. The van der Waals surface area contributed by atoms with Crippen LogP contribution in [0, 0.1) is 0 Å². The van der Waals surface area contributed by atoms with Crippen LogP contribution in [-0.2, 0) is 28.6 Å². The minimum absolute atomic E-state index is 0.119. The molecule has 0 aliphatic carbocycles. The Balaban J connectivity index is 4.49. The van der Waals surface area contributed by atoms with Crippen LogP contribution in [0.4, 0.5) is 0 Å². The topological polar surface area (TPSA) is 78.9 Å². The largest absolute Gasteiger partial charge is 0.462 e. The highest BCUT2D eigenvalue weighted by Crippen LogP contribution is 2.16. The normalized spacial score (nSPS) is 13.0. The second-order valence-corrected chi connectivity index (χ2v) is 18.2. The predicted octanol–water partition coefficient (Wildman–Crippen LogP) is 18.9. The summed E-state index contributed by atoms with van der Waals surface area (Å²) >= 11 is 0. The molecule has 6 nitrogen and oxygen atoms in total. The highest BCUT2D eigenvalue weighted by atomic mass is 16.6. The van der Waals surface area contributed by atoms with Crippen molar-refractivity contribution in [3.63, 3.8) is 0 Å². The van der Waals surface area contributed by atoms with Gasteiger partial charge in [0.15, 0.2) is 6.10 Å². The van der Waals surface area contributed by atoms with Crippen molar-refractivity contribution >= 4 is 17.9 Å². The SMILES string of the molecule is CC/C=C/C=C/C=C/C=C/C=C/CCCC(=O)OCC(COC(=O)CCCCC/C=C/C/C=C/C/C=C/C/C=C/C/C=C/CC)OC(=O)CCCCCCCCCCCCCCCCCCCCC. The van der Waals surface area contributed by atoms with Crippen LogP contribution in [0.3, 0.4) is 0 Å². The van der Waals surface area contributed by atoms with Crippen LogP contribution in [0.15, 0.2) is 122 Å². The Morgan fingerprint density at radius 3 is 1.10 bits per heavy atom. The molecule has 0 bridgehead atoms. The second kappa shape index (κ2) is 56.4. The summed E-state index contributed by atoms with van der Waals surface area (Å²) in [5.41, 5.74) is 0. The molecular formula is C63H102O6. The van der Waals surface area contributed by atoms with E-state index < -0.39 is 6.10 Å². The lowest BCUT2D eigenvalue weighted by atomic mass is 10.0. The minimum atomic E-state index is -0.823. The molecule has 6 heteroatoms. The molecule has 0 aliphatic heterocycles. The molecule has 0 N–H and O–H groups in total. The third-order valence-electron chi connectivity index (χ3n) is 11.6. The molecule has 0 aliphatic rings. The smallest absolute Gasteiger partial charge is 0.306 e. The van der Waals surface area contributed by atoms with Gasteiger partial charge in [-0.2, -0.15) is 0 Å². The van der Waals surface area contributed by atoms with E-state index in [0.717, 1.165) is 89.9 Å². The van der Waals surface area contributed by atoms with Crippen LogP contribution in [0.25, 0.3) is 0 Å². The maximum absolute atomic E-state index is 12.9. The summed E-state index contributed by atoms with van der Waals surface area (Å²) in [6, 6.07) is 0. The quantitative estimate of drug-likeness (QED) is 0.0199. The van der Waals surface area contributed by atoms with Gasteiger partial charge in [-0.15, -0.1) is 0 Å². The number of rotatable bonds is 49. The first-order valence-electron chi connectivity index (χ1n) is 28.1. The Hall–Kier alpha value is -4.19. The van der Waals surface area contributed by atoms with Crippen molar-refractivity contribution in [2.45, 2.75) is 245 Å². The molecule has 0 radical (unpaired) electrons. The van der Waals surface area contributed by atoms with E-state index in [1.807, 2.05) is 54.7 Å². The Kier molecular flexibility index (Phi) is 53.0. The number of carbonyl (C=O) groups excluding carboxylic acids is 3. The van der Waals surface area contributed by atoms with Gasteiger partial charge in [-0.05, 0) is 77.0 Å². The Bertz CT molecular complexity index is 1470. The highest BCUT2D eigenvalue weighted by molar-refractivity contribution is 5.71. The van der Waals surface area contributed by atoms with Crippen LogP contribution in [0.1, 0.15) is 239 Å². The highest BCUT2D eigenvalue weighted by Gasteiger charge is 2.19. The van der Waals surface area contributed by atoms with Gasteiger partial charge < -0.3 is 14.2 Å². The van der Waals surface area contributed by atoms with Crippen LogP contribution in [0.2, 0.25) is 0 Å². The van der Waals surface area contributed by atoms with Gasteiger partial charge in [0.1, 0.15) is 13.2 Å². The summed E-state index contributed by atoms with van der Waals surface area (Å²) in [5, 5.41) is 0. The average Bonchev–Trinajstić information content (AvgIpc) is 3.35. The van der Waals surface area contributed by atoms with Crippen LogP contribution in [0.5, 0.6) is 0 Å². The van der Waals surface area contributed by atoms with E-state index in [9.17, 15) is 14.4 Å². The fraction of sp³-hybridized carbons (Fsp3) is 0.635. The van der Waals surface area contributed by atoms with Gasteiger partial charge in [-0.3, -0.25) is 14.4 Å². The van der Waals surface area contributed by atoms with Gasteiger partial charge >= 0.3 is 17.9 Å². The zero-order valence-electron chi connectivity index (χ0n) is 44.5. The molecule has 1 atom stereocenters. The van der Waals surface area contributed by atoms with Crippen molar-refractivity contribution in [1.82, 2.24) is 0 Å². The number of hydrogen-bond acceptors (Lipinski definition) is 6. The van der Waals surface area contributed by atoms with Crippen molar-refractivity contribution in [2.24, 2.45) is 0 Å². The summed E-state index contributed by atoms with van der Waals surface area (Å²) in [5.74, 6) is -1.02. The number of carbonyl (C=O) groups is 3. The number of esters is 3. The van der Waals surface area contributed by atoms with Crippen LogP contribution >= 0.6 is 0 Å². The molecule has 1 unspecified atom stereocenters. The third-order valence-corrected chi connectivity index (χ3v) is 11.6. The van der Waals surface area contributed by atoms with Crippen molar-refractivity contribution < 1.29 is 28.6 Å².